The van der Waals surface area contributed by atoms with Crippen molar-refractivity contribution >= 4 is 33.5 Å². The molecule has 4 N–H and O–H groups in total. The van der Waals surface area contributed by atoms with Gasteiger partial charge in [0.2, 0.25) is 5.78 Å². The monoisotopic (exact) mass is 500 g/mol. The Morgan fingerprint density at radius 1 is 0.919 bits per heavy atom. The first-order chi connectivity index (χ1) is 17.7. The van der Waals surface area contributed by atoms with Gasteiger partial charge in [-0.1, -0.05) is 24.3 Å². The number of anilines is 1. The van der Waals surface area contributed by atoms with Crippen LogP contribution in [0.5, 0.6) is 0 Å². The van der Waals surface area contributed by atoms with Gasteiger partial charge in [0.1, 0.15) is 11.6 Å². The van der Waals surface area contributed by atoms with Gasteiger partial charge in [0, 0.05) is 10.9 Å². The third kappa shape index (κ3) is 3.92. The molecule has 6 aromatic rings. The van der Waals surface area contributed by atoms with E-state index in [4.69, 9.17) is 5.73 Å². The fourth-order valence-corrected chi connectivity index (χ4v) is 4.42. The summed E-state index contributed by atoms with van der Waals surface area (Å²) in [5.41, 5.74) is 10.5. The number of fused-ring (bicyclic) bond motifs is 2. The van der Waals surface area contributed by atoms with E-state index in [0.29, 0.717) is 22.5 Å². The van der Waals surface area contributed by atoms with Crippen LogP contribution < -0.4 is 5.73 Å². The fraction of sp³-hybridized carbons (Fsp3) is 0.0741. The number of aryl methyl sites for hydroxylation is 1. The normalized spacial score (nSPS) is 12.0. The zero-order chi connectivity index (χ0) is 25.9. The number of rotatable bonds is 4. The number of aromatic amines is 2. The number of nitrogens with two attached hydrogens (primary N) is 1. The number of hydrogen-bond donors (Lipinski definition) is 3. The molecule has 0 aliphatic carbocycles. The maximum Gasteiger partial charge on any atom is 0.416 e. The summed E-state index contributed by atoms with van der Waals surface area (Å²) in [6.07, 6.45) is -2.96. The van der Waals surface area contributed by atoms with E-state index < -0.39 is 11.7 Å². The molecule has 6 rings (SSSR count). The smallest absolute Gasteiger partial charge is 0.383 e. The molecule has 0 aliphatic rings. The molecule has 0 bridgehead atoms. The summed E-state index contributed by atoms with van der Waals surface area (Å²) in [6, 6.07) is 17.6. The summed E-state index contributed by atoms with van der Waals surface area (Å²) in [5, 5.41) is 5.10. The predicted molar refractivity (Wildman–Crippen MR) is 135 cm³/mol. The van der Waals surface area contributed by atoms with Crippen LogP contribution in [0.25, 0.3) is 38.8 Å². The molecule has 7 nitrogen and oxygen atoms in total. The van der Waals surface area contributed by atoms with Gasteiger partial charge in [-0.2, -0.15) is 18.3 Å². The van der Waals surface area contributed by atoms with Crippen molar-refractivity contribution in [3.05, 3.63) is 95.6 Å². The van der Waals surface area contributed by atoms with Crippen LogP contribution in [0, 0.1) is 6.92 Å². The number of aromatic nitrogens is 5. The van der Waals surface area contributed by atoms with Gasteiger partial charge in [0.25, 0.3) is 0 Å². The third-order valence-corrected chi connectivity index (χ3v) is 6.29. The second-order valence-corrected chi connectivity index (χ2v) is 8.77. The first kappa shape index (κ1) is 22.6. The SMILES string of the molecule is Cc1nc2ccc(-n3ncc(C(=O)c4cc5ccc(-c6ccc(C(F)(F)F)cc6)cc5[nH]4)c3N)cc2[nH]1. The number of hydrogen-bond acceptors (Lipinski definition) is 4. The lowest BCUT2D eigenvalue weighted by atomic mass is 10.0. The highest BCUT2D eigenvalue weighted by Crippen LogP contribution is 2.32. The number of nitrogens with one attached hydrogen (secondary N) is 2. The Morgan fingerprint density at radius 3 is 2.43 bits per heavy atom. The molecule has 3 aromatic carbocycles. The number of benzene rings is 3. The van der Waals surface area contributed by atoms with Crippen molar-refractivity contribution in [1.29, 1.82) is 0 Å². The second kappa shape index (κ2) is 8.09. The second-order valence-electron chi connectivity index (χ2n) is 8.77. The van der Waals surface area contributed by atoms with Crippen LogP contribution in [0.3, 0.4) is 0 Å². The fourth-order valence-electron chi connectivity index (χ4n) is 4.42. The number of nitrogens with zero attached hydrogens (tertiary/aromatic N) is 3. The zero-order valence-electron chi connectivity index (χ0n) is 19.4. The lowest BCUT2D eigenvalue weighted by Gasteiger charge is -2.08. The van der Waals surface area contributed by atoms with Gasteiger partial charge in [-0.05, 0) is 60.5 Å². The van der Waals surface area contributed by atoms with Crippen molar-refractivity contribution in [2.75, 3.05) is 5.73 Å². The number of alkyl halides is 3. The number of carbonyl (C=O) groups excluding carboxylic acids is 1. The average molecular weight is 500 g/mol. The van der Waals surface area contributed by atoms with Crippen molar-refractivity contribution in [1.82, 2.24) is 24.7 Å². The van der Waals surface area contributed by atoms with Crippen LogP contribution >= 0.6 is 0 Å². The maximum absolute atomic E-state index is 13.3. The molecule has 3 heterocycles. The van der Waals surface area contributed by atoms with Crippen LogP contribution in [-0.2, 0) is 6.18 Å². The minimum absolute atomic E-state index is 0.199. The van der Waals surface area contributed by atoms with Crippen molar-refractivity contribution in [3.8, 4) is 16.8 Å². The number of nitrogen functional groups attached to an aromatic ring is 1. The maximum atomic E-state index is 13.3. The lowest BCUT2D eigenvalue weighted by molar-refractivity contribution is -0.137. The molecule has 37 heavy (non-hydrogen) atoms. The van der Waals surface area contributed by atoms with E-state index in [1.165, 1.54) is 23.0 Å². The molecule has 184 valence electrons. The summed E-state index contributed by atoms with van der Waals surface area (Å²) in [6.45, 7) is 1.87. The Balaban J connectivity index is 1.31. The summed E-state index contributed by atoms with van der Waals surface area (Å²) in [4.78, 5) is 24.0. The molecular formula is C27H19F3N6O. The summed E-state index contributed by atoms with van der Waals surface area (Å²) >= 11 is 0. The molecule has 0 saturated heterocycles. The summed E-state index contributed by atoms with van der Waals surface area (Å²) < 4.78 is 40.1. The van der Waals surface area contributed by atoms with E-state index >= 15 is 0 Å². The van der Waals surface area contributed by atoms with Crippen LogP contribution in [0.15, 0.2) is 72.9 Å². The van der Waals surface area contributed by atoms with E-state index in [2.05, 4.69) is 20.1 Å². The van der Waals surface area contributed by atoms with E-state index in [1.807, 2.05) is 31.2 Å². The van der Waals surface area contributed by atoms with Crippen molar-refractivity contribution in [2.45, 2.75) is 13.1 Å². The van der Waals surface area contributed by atoms with E-state index in [0.717, 1.165) is 39.9 Å². The summed E-state index contributed by atoms with van der Waals surface area (Å²) in [7, 11) is 0. The largest absolute Gasteiger partial charge is 0.416 e. The first-order valence-corrected chi connectivity index (χ1v) is 11.3. The number of H-pyrrole nitrogens is 2. The van der Waals surface area contributed by atoms with Crippen LogP contribution in [0.4, 0.5) is 19.0 Å². The van der Waals surface area contributed by atoms with Crippen LogP contribution in [0.1, 0.15) is 27.4 Å². The third-order valence-electron chi connectivity index (χ3n) is 6.29. The highest BCUT2D eigenvalue weighted by atomic mass is 19.4. The van der Waals surface area contributed by atoms with Crippen molar-refractivity contribution in [2.24, 2.45) is 0 Å². The molecule has 0 amide bonds. The molecule has 0 fully saturated rings. The Morgan fingerprint density at radius 2 is 1.68 bits per heavy atom. The standard InChI is InChI=1S/C27H19F3N6O/c1-14-33-21-9-8-19(12-23(21)34-14)36-26(31)20(13-32-36)25(37)24-11-17-3-2-16(10-22(17)35-24)15-4-6-18(7-5-15)27(28,29)30/h2-13,35H,31H2,1H3,(H,33,34). The Bertz CT molecular complexity index is 1810. The van der Waals surface area contributed by atoms with Crippen LogP contribution in [0.2, 0.25) is 0 Å². The van der Waals surface area contributed by atoms with Crippen molar-refractivity contribution < 1.29 is 18.0 Å². The predicted octanol–water partition coefficient (Wildman–Crippen LogP) is 6.04. The van der Waals surface area contributed by atoms with Crippen molar-refractivity contribution in [3.63, 3.8) is 0 Å². The minimum atomic E-state index is -4.39. The number of ketones is 1. The quantitative estimate of drug-likeness (QED) is 0.257. The lowest BCUT2D eigenvalue weighted by Crippen LogP contribution is -2.07. The molecule has 0 spiro atoms. The van der Waals surface area contributed by atoms with Gasteiger partial charge in [0.15, 0.2) is 0 Å². The Hall–Kier alpha value is -4.86. The molecule has 0 unspecified atom stereocenters. The zero-order valence-corrected chi connectivity index (χ0v) is 19.4. The van der Waals surface area contributed by atoms with Gasteiger partial charge in [0.05, 0.1) is 39.7 Å². The molecule has 0 radical (unpaired) electrons. The van der Waals surface area contributed by atoms with Gasteiger partial charge in [-0.15, -0.1) is 0 Å². The molecule has 0 aliphatic heterocycles. The van der Waals surface area contributed by atoms with E-state index in [1.54, 1.807) is 18.2 Å². The Kier molecular flexibility index (Phi) is 4.94. The Labute approximate surface area is 207 Å². The van der Waals surface area contributed by atoms with E-state index in [9.17, 15) is 18.0 Å². The molecular weight excluding hydrogens is 481 g/mol. The highest BCUT2D eigenvalue weighted by molar-refractivity contribution is 6.12. The molecule has 3 aromatic heterocycles. The van der Waals surface area contributed by atoms with Gasteiger partial charge in [-0.25, -0.2) is 9.67 Å². The average Bonchev–Trinajstić information content (AvgIpc) is 3.57. The molecule has 0 saturated carbocycles. The first-order valence-electron chi connectivity index (χ1n) is 11.3. The molecule has 0 atom stereocenters. The van der Waals surface area contributed by atoms with Crippen LogP contribution in [-0.4, -0.2) is 30.5 Å². The topological polar surface area (TPSA) is 105 Å². The van der Waals surface area contributed by atoms with Gasteiger partial charge < -0.3 is 15.7 Å². The minimum Gasteiger partial charge on any atom is -0.383 e. The van der Waals surface area contributed by atoms with Gasteiger partial charge >= 0.3 is 6.18 Å². The number of carbonyl (C=O) groups is 1. The van der Waals surface area contributed by atoms with Gasteiger partial charge in [-0.3, -0.25) is 4.79 Å². The van der Waals surface area contributed by atoms with E-state index in [-0.39, 0.29) is 17.2 Å². The molecule has 10 heteroatoms. The number of imidazole rings is 1. The summed E-state index contributed by atoms with van der Waals surface area (Å²) in [5.74, 6) is 0.663. The number of halogens is 3. The highest BCUT2D eigenvalue weighted by Gasteiger charge is 2.30.